The summed E-state index contributed by atoms with van der Waals surface area (Å²) in [7, 11) is -1.86. The molecule has 11 heteroatoms. The predicted molar refractivity (Wildman–Crippen MR) is 139 cm³/mol. The minimum atomic E-state index is -3.51. The largest absolute Gasteiger partial charge is 0.493 e. The van der Waals surface area contributed by atoms with Crippen LogP contribution in [-0.2, 0) is 14.8 Å². The zero-order valence-corrected chi connectivity index (χ0v) is 23.0. The van der Waals surface area contributed by atoms with Gasteiger partial charge in [-0.3, -0.25) is 9.21 Å². The summed E-state index contributed by atoms with van der Waals surface area (Å²) in [5, 5.41) is 9.79. The lowest BCUT2D eigenvalue weighted by molar-refractivity contribution is 0.0816. The highest BCUT2D eigenvalue weighted by Gasteiger charge is 2.28. The van der Waals surface area contributed by atoms with Crippen LogP contribution in [0.1, 0.15) is 57.3 Å². The highest BCUT2D eigenvalue weighted by atomic mass is 35.5. The van der Waals surface area contributed by atoms with E-state index in [1.165, 1.54) is 0 Å². The van der Waals surface area contributed by atoms with E-state index in [-0.39, 0.29) is 30.8 Å². The van der Waals surface area contributed by atoms with Gasteiger partial charge >= 0.3 is 0 Å². The summed E-state index contributed by atoms with van der Waals surface area (Å²) in [6.45, 7) is 8.22. The smallest absolute Gasteiger partial charge is 0.271 e. The molecule has 0 aromatic heterocycles. The van der Waals surface area contributed by atoms with Crippen molar-refractivity contribution in [3.63, 3.8) is 0 Å². The zero-order valence-electron chi connectivity index (χ0n) is 21.4. The van der Waals surface area contributed by atoms with Crippen molar-refractivity contribution >= 4 is 27.7 Å². The second kappa shape index (κ2) is 15.6. The molecule has 1 aromatic carbocycles. The number of hydrogen-bond acceptors (Lipinski definition) is 7. The summed E-state index contributed by atoms with van der Waals surface area (Å²) in [5.41, 5.74) is 6.54. The number of nitrogens with one attached hydrogen (secondary N) is 1. The second-order valence-corrected chi connectivity index (χ2v) is 12.0. The lowest BCUT2D eigenvalue weighted by Gasteiger charge is -2.29. The number of unbranched alkanes of at least 4 members (excludes halogenated alkanes) is 1. The second-order valence-electron chi connectivity index (χ2n) is 9.31. The number of aliphatic hydroxyl groups is 1. The van der Waals surface area contributed by atoms with E-state index < -0.39 is 27.4 Å². The summed E-state index contributed by atoms with van der Waals surface area (Å²) in [6, 6.07) is 6.26. The van der Waals surface area contributed by atoms with Crippen molar-refractivity contribution in [2.24, 2.45) is 17.6 Å². The van der Waals surface area contributed by atoms with Crippen molar-refractivity contribution in [1.29, 1.82) is 0 Å². The first-order valence-electron chi connectivity index (χ1n) is 12.0. The Hall–Kier alpha value is -1.43. The number of hydrogen-bond donors (Lipinski definition) is 3. The standard InChI is InChI=1S/C24H42ClN3O6S/c1-17(2)19(14-21(26)22(29)15-27-35(31,32)18(3)4)16-28(25)24(30)20-10-6-7-11-23(20)34-13-9-8-12-33-5/h6-7,10-11,17-19,21-22,27,29H,8-9,12-16,26H2,1-5H3/t19-,21+,22+/m1/s1. The first-order valence-corrected chi connectivity index (χ1v) is 13.9. The molecule has 0 aliphatic rings. The van der Waals surface area contributed by atoms with E-state index in [9.17, 15) is 18.3 Å². The lowest BCUT2D eigenvalue weighted by Crippen LogP contribution is -2.46. The summed E-state index contributed by atoms with van der Waals surface area (Å²) >= 11 is 6.41. The minimum absolute atomic E-state index is 0.113. The molecule has 0 fully saturated rings. The van der Waals surface area contributed by atoms with Crippen LogP contribution in [0.25, 0.3) is 0 Å². The molecule has 4 N–H and O–H groups in total. The van der Waals surface area contributed by atoms with E-state index in [2.05, 4.69) is 4.72 Å². The molecule has 3 atom stereocenters. The van der Waals surface area contributed by atoms with Crippen molar-refractivity contribution < 1.29 is 27.8 Å². The number of benzene rings is 1. The van der Waals surface area contributed by atoms with Gasteiger partial charge in [-0.25, -0.2) is 13.1 Å². The topological polar surface area (TPSA) is 131 Å². The molecule has 0 aliphatic heterocycles. The molecule has 0 radical (unpaired) electrons. The van der Waals surface area contributed by atoms with Gasteiger partial charge in [-0.15, -0.1) is 0 Å². The number of nitrogens with zero attached hydrogens (tertiary/aromatic N) is 1. The van der Waals surface area contributed by atoms with E-state index >= 15 is 0 Å². The third-order valence-corrected chi connectivity index (χ3v) is 7.96. The molecule has 1 amide bonds. The maximum Gasteiger partial charge on any atom is 0.271 e. The fourth-order valence-electron chi connectivity index (χ4n) is 3.30. The summed E-state index contributed by atoms with van der Waals surface area (Å²) < 4.78 is 38.2. The molecule has 1 rings (SSSR count). The third kappa shape index (κ3) is 11.0. The number of methoxy groups -OCH3 is 1. The maximum absolute atomic E-state index is 13.1. The molecule has 0 aliphatic carbocycles. The van der Waals surface area contributed by atoms with Gasteiger partial charge in [0.1, 0.15) is 5.75 Å². The lowest BCUT2D eigenvalue weighted by atomic mass is 9.87. The van der Waals surface area contributed by atoms with Gasteiger partial charge in [-0.1, -0.05) is 26.0 Å². The van der Waals surface area contributed by atoms with E-state index in [0.717, 1.165) is 17.3 Å². The Balaban J connectivity index is 2.76. The fraction of sp³-hybridized carbons (Fsp3) is 0.708. The zero-order chi connectivity index (χ0) is 26.6. The van der Waals surface area contributed by atoms with Gasteiger partial charge in [0.25, 0.3) is 5.91 Å². The van der Waals surface area contributed by atoms with Crippen LogP contribution in [-0.4, -0.2) is 74.7 Å². The van der Waals surface area contributed by atoms with E-state index in [4.69, 9.17) is 27.0 Å². The van der Waals surface area contributed by atoms with E-state index in [0.29, 0.717) is 30.9 Å². The molecule has 0 bridgehead atoms. The Labute approximate surface area is 215 Å². The van der Waals surface area contributed by atoms with Crippen molar-refractivity contribution in [3.8, 4) is 5.75 Å². The van der Waals surface area contributed by atoms with Crippen molar-refractivity contribution in [2.45, 2.75) is 64.4 Å². The third-order valence-electron chi connectivity index (χ3n) is 5.86. The number of aliphatic hydroxyl groups excluding tert-OH is 1. The number of nitrogens with two attached hydrogens (primary N) is 1. The summed E-state index contributed by atoms with van der Waals surface area (Å²) in [4.78, 5) is 13.1. The van der Waals surface area contributed by atoms with E-state index in [1.54, 1.807) is 45.2 Å². The number of sulfonamides is 1. The van der Waals surface area contributed by atoms with Gasteiger partial charge in [-0.2, -0.15) is 0 Å². The molecular weight excluding hydrogens is 494 g/mol. The van der Waals surface area contributed by atoms with Crippen LogP contribution in [0.3, 0.4) is 0 Å². The van der Waals surface area contributed by atoms with Crippen LogP contribution < -0.4 is 15.2 Å². The van der Waals surface area contributed by atoms with Gasteiger partial charge < -0.3 is 20.3 Å². The van der Waals surface area contributed by atoms with Crippen LogP contribution in [0.15, 0.2) is 24.3 Å². The molecule has 0 saturated heterocycles. The number of rotatable bonds is 17. The van der Waals surface area contributed by atoms with Crippen molar-refractivity contribution in [2.75, 3.05) is 33.4 Å². The molecule has 0 heterocycles. The molecule has 0 spiro atoms. The highest BCUT2D eigenvalue weighted by molar-refractivity contribution is 7.90. The van der Waals surface area contributed by atoms with Crippen LogP contribution in [0.4, 0.5) is 0 Å². The number of carbonyl (C=O) groups is 1. The number of halogens is 1. The minimum Gasteiger partial charge on any atom is -0.493 e. The van der Waals surface area contributed by atoms with Gasteiger partial charge in [0.15, 0.2) is 0 Å². The van der Waals surface area contributed by atoms with Crippen molar-refractivity contribution in [1.82, 2.24) is 9.14 Å². The molecule has 35 heavy (non-hydrogen) atoms. The SMILES string of the molecule is COCCCCOc1ccccc1C(=O)N(Cl)C[C@@H](C[C@H](N)[C@@H](O)CNS(=O)(=O)C(C)C)C(C)C. The Morgan fingerprint density at radius 2 is 1.80 bits per heavy atom. The first kappa shape index (κ1) is 31.6. The Morgan fingerprint density at radius 3 is 2.40 bits per heavy atom. The fourth-order valence-corrected chi connectivity index (χ4v) is 4.31. The molecular formula is C24H42ClN3O6S. The van der Waals surface area contributed by atoms with Crippen LogP contribution in [0, 0.1) is 11.8 Å². The van der Waals surface area contributed by atoms with Gasteiger partial charge in [0.2, 0.25) is 10.0 Å². The van der Waals surface area contributed by atoms with Crippen LogP contribution in [0.5, 0.6) is 5.75 Å². The average Bonchev–Trinajstić information content (AvgIpc) is 2.81. The Bertz CT molecular complexity index is 869. The number of ether oxygens (including phenoxy) is 2. The molecule has 0 unspecified atom stereocenters. The Morgan fingerprint density at radius 1 is 1.17 bits per heavy atom. The summed E-state index contributed by atoms with van der Waals surface area (Å²) in [6.07, 6.45) is 0.937. The maximum atomic E-state index is 13.1. The number of carbonyl (C=O) groups excluding carboxylic acids is 1. The molecule has 1 aromatic rings. The number of para-hydroxylation sites is 1. The normalized spacial score (nSPS) is 14.7. The monoisotopic (exact) mass is 535 g/mol. The Kier molecular flexibility index (Phi) is 14.1. The van der Waals surface area contributed by atoms with Crippen molar-refractivity contribution in [3.05, 3.63) is 29.8 Å². The van der Waals surface area contributed by atoms with Crippen LogP contribution in [0.2, 0.25) is 0 Å². The highest BCUT2D eigenvalue weighted by Crippen LogP contribution is 2.25. The quantitative estimate of drug-likeness (QED) is 0.206. The average molecular weight is 536 g/mol. The van der Waals surface area contributed by atoms with Gasteiger partial charge in [0, 0.05) is 44.6 Å². The molecule has 9 nitrogen and oxygen atoms in total. The van der Waals surface area contributed by atoms with E-state index in [1.807, 2.05) is 13.8 Å². The van der Waals surface area contributed by atoms with Crippen LogP contribution >= 0.6 is 11.8 Å². The first-order chi connectivity index (χ1) is 16.4. The summed E-state index contributed by atoms with van der Waals surface area (Å²) in [5.74, 6) is 0.0710. The van der Waals surface area contributed by atoms with Gasteiger partial charge in [-0.05, 0) is 57.1 Å². The molecule has 0 saturated carbocycles. The predicted octanol–water partition coefficient (Wildman–Crippen LogP) is 2.77. The van der Waals surface area contributed by atoms with Gasteiger partial charge in [0.05, 0.1) is 23.5 Å². The molecule has 202 valence electrons. The number of amides is 1.